The number of hydrogen-bond donors (Lipinski definition) is 0. The van der Waals surface area contributed by atoms with Crippen molar-refractivity contribution in [1.29, 1.82) is 0 Å². The van der Waals surface area contributed by atoms with Gasteiger partial charge in [-0.15, -0.1) is 11.3 Å². The molecule has 146 valence electrons. The highest BCUT2D eigenvalue weighted by Gasteiger charge is 2.44. The fourth-order valence-corrected chi connectivity index (χ4v) is 4.67. The van der Waals surface area contributed by atoms with Crippen molar-refractivity contribution in [3.05, 3.63) is 51.3 Å². The van der Waals surface area contributed by atoms with Crippen LogP contribution < -0.4 is 9.64 Å². The fourth-order valence-electron chi connectivity index (χ4n) is 3.74. The third kappa shape index (κ3) is 3.20. The summed E-state index contributed by atoms with van der Waals surface area (Å²) < 4.78 is 5.40. The van der Waals surface area contributed by atoms with Crippen molar-refractivity contribution in [2.75, 3.05) is 25.1 Å². The van der Waals surface area contributed by atoms with E-state index in [2.05, 4.69) is 11.8 Å². The predicted octanol–water partition coefficient (Wildman–Crippen LogP) is 4.43. The Balaban J connectivity index is 1.82. The van der Waals surface area contributed by atoms with Crippen LogP contribution in [0.5, 0.6) is 5.75 Å². The smallest absolute Gasteiger partial charge is 0.282 e. The number of anilines is 1. The minimum Gasteiger partial charge on any atom is -0.495 e. The molecule has 2 aliphatic rings. The van der Waals surface area contributed by atoms with Gasteiger partial charge in [-0.3, -0.25) is 9.59 Å². The van der Waals surface area contributed by atoms with Crippen molar-refractivity contribution in [2.45, 2.75) is 19.8 Å². The number of benzene rings is 1. The van der Waals surface area contributed by atoms with E-state index >= 15 is 0 Å². The van der Waals surface area contributed by atoms with E-state index in [0.717, 1.165) is 30.8 Å². The van der Waals surface area contributed by atoms with Gasteiger partial charge in [-0.2, -0.15) is 0 Å². The van der Waals surface area contributed by atoms with Gasteiger partial charge in [0.2, 0.25) is 0 Å². The van der Waals surface area contributed by atoms with E-state index < -0.39 is 0 Å². The average Bonchev–Trinajstić information content (AvgIpc) is 3.29. The van der Waals surface area contributed by atoms with Gasteiger partial charge in [0.15, 0.2) is 0 Å². The first-order valence-corrected chi connectivity index (χ1v) is 10.5. The Morgan fingerprint density at radius 1 is 1.14 bits per heavy atom. The number of piperidine rings is 1. The first-order chi connectivity index (χ1) is 13.5. The monoisotopic (exact) mass is 416 g/mol. The average molecular weight is 417 g/mol. The van der Waals surface area contributed by atoms with Crippen molar-refractivity contribution in [3.63, 3.8) is 0 Å². The number of carbonyl (C=O) groups excluding carboxylic acids is 2. The lowest BCUT2D eigenvalue weighted by atomic mass is 9.98. The van der Waals surface area contributed by atoms with Gasteiger partial charge in [0.1, 0.15) is 11.4 Å². The van der Waals surface area contributed by atoms with Crippen molar-refractivity contribution in [1.82, 2.24) is 4.90 Å². The summed E-state index contributed by atoms with van der Waals surface area (Å²) in [5.41, 5.74) is 1.33. The van der Waals surface area contributed by atoms with E-state index in [1.165, 1.54) is 23.3 Å². The van der Waals surface area contributed by atoms with Crippen LogP contribution >= 0.6 is 22.9 Å². The molecule has 7 heteroatoms. The maximum atomic E-state index is 13.5. The standard InChI is InChI=1S/C21H21ClN2O3S/c1-13-7-9-23(10-8-13)19-18(17-4-3-11-28-17)20(25)24(21(19)26)15-12-14(22)5-6-16(15)27-2/h3-6,11-13H,7-10H2,1-2H3. The second-order valence-corrected chi connectivity index (χ2v) is 8.52. The highest BCUT2D eigenvalue weighted by atomic mass is 35.5. The molecule has 4 rings (SSSR count). The van der Waals surface area contributed by atoms with Gasteiger partial charge in [-0.05, 0) is 48.4 Å². The number of halogens is 1. The van der Waals surface area contributed by atoms with Gasteiger partial charge >= 0.3 is 0 Å². The summed E-state index contributed by atoms with van der Waals surface area (Å²) in [4.78, 5) is 31.0. The van der Waals surface area contributed by atoms with E-state index in [1.54, 1.807) is 18.2 Å². The zero-order chi connectivity index (χ0) is 19.8. The molecular formula is C21H21ClN2O3S. The Hall–Kier alpha value is -2.31. The molecule has 0 atom stereocenters. The van der Waals surface area contributed by atoms with Gasteiger partial charge in [0.25, 0.3) is 11.8 Å². The number of hydrogen-bond acceptors (Lipinski definition) is 5. The molecule has 2 aliphatic heterocycles. The quantitative estimate of drug-likeness (QED) is 0.692. The van der Waals surface area contributed by atoms with Gasteiger partial charge < -0.3 is 9.64 Å². The molecule has 0 saturated carbocycles. The van der Waals surface area contributed by atoms with E-state index in [1.807, 2.05) is 17.5 Å². The molecule has 2 aromatic rings. The SMILES string of the molecule is COc1ccc(Cl)cc1N1C(=O)C(c2cccs2)=C(N2CCC(C)CC2)C1=O. The number of imide groups is 1. The number of nitrogens with zero attached hydrogens (tertiary/aromatic N) is 2. The first kappa shape index (κ1) is 19.0. The van der Waals surface area contributed by atoms with E-state index in [9.17, 15) is 9.59 Å². The predicted molar refractivity (Wildman–Crippen MR) is 112 cm³/mol. The van der Waals surface area contributed by atoms with Crippen molar-refractivity contribution >= 4 is 46.0 Å². The molecule has 0 unspecified atom stereocenters. The number of carbonyl (C=O) groups is 2. The molecule has 5 nitrogen and oxygen atoms in total. The van der Waals surface area contributed by atoms with E-state index in [0.29, 0.717) is 33.6 Å². The lowest BCUT2D eigenvalue weighted by Gasteiger charge is -2.32. The Morgan fingerprint density at radius 2 is 1.89 bits per heavy atom. The van der Waals surface area contributed by atoms with Gasteiger partial charge in [0.05, 0.1) is 18.4 Å². The lowest BCUT2D eigenvalue weighted by molar-refractivity contribution is -0.120. The van der Waals surface area contributed by atoms with E-state index in [-0.39, 0.29) is 11.8 Å². The van der Waals surface area contributed by atoms with Crippen molar-refractivity contribution in [3.8, 4) is 5.75 Å². The van der Waals surface area contributed by atoms with Gasteiger partial charge in [0, 0.05) is 23.0 Å². The maximum absolute atomic E-state index is 13.5. The van der Waals surface area contributed by atoms with Crippen LogP contribution in [0.25, 0.3) is 5.57 Å². The lowest BCUT2D eigenvalue weighted by Crippen LogP contribution is -2.38. The Labute approximate surface area is 173 Å². The molecule has 3 heterocycles. The molecule has 0 radical (unpaired) electrons. The second kappa shape index (κ2) is 7.60. The number of rotatable bonds is 4. The Kier molecular flexibility index (Phi) is 5.17. The third-order valence-corrected chi connectivity index (χ3v) is 6.43. The zero-order valence-corrected chi connectivity index (χ0v) is 17.3. The molecule has 0 bridgehead atoms. The number of ether oxygens (including phenoxy) is 1. The summed E-state index contributed by atoms with van der Waals surface area (Å²) in [6.07, 6.45) is 2.01. The summed E-state index contributed by atoms with van der Waals surface area (Å²) in [5, 5.41) is 2.35. The van der Waals surface area contributed by atoms with Crippen LogP contribution in [0.2, 0.25) is 5.02 Å². The molecular weight excluding hydrogens is 396 g/mol. The topological polar surface area (TPSA) is 49.9 Å². The number of thiophene rings is 1. The van der Waals surface area contributed by atoms with Crippen LogP contribution in [0.1, 0.15) is 24.6 Å². The zero-order valence-electron chi connectivity index (χ0n) is 15.8. The number of amides is 2. The molecule has 1 aromatic heterocycles. The van der Waals surface area contributed by atoms with E-state index in [4.69, 9.17) is 16.3 Å². The molecule has 0 spiro atoms. The maximum Gasteiger partial charge on any atom is 0.282 e. The minimum atomic E-state index is -0.332. The second-order valence-electron chi connectivity index (χ2n) is 7.13. The van der Waals surface area contributed by atoms with Crippen molar-refractivity contribution < 1.29 is 14.3 Å². The van der Waals surface area contributed by atoms with Crippen LogP contribution in [0.3, 0.4) is 0 Å². The van der Waals surface area contributed by atoms with Gasteiger partial charge in [-0.1, -0.05) is 24.6 Å². The van der Waals surface area contributed by atoms with Crippen LogP contribution in [0.4, 0.5) is 5.69 Å². The number of methoxy groups -OCH3 is 1. The normalized spacial score (nSPS) is 18.4. The molecule has 0 N–H and O–H groups in total. The molecule has 28 heavy (non-hydrogen) atoms. The largest absolute Gasteiger partial charge is 0.495 e. The molecule has 2 amide bonds. The Morgan fingerprint density at radius 3 is 2.54 bits per heavy atom. The summed E-state index contributed by atoms with van der Waals surface area (Å²) in [5.74, 6) is 0.411. The van der Waals surface area contributed by atoms with Crippen LogP contribution in [0.15, 0.2) is 41.4 Å². The number of likely N-dealkylation sites (tertiary alicyclic amines) is 1. The first-order valence-electron chi connectivity index (χ1n) is 9.26. The summed E-state index contributed by atoms with van der Waals surface area (Å²) in [7, 11) is 1.51. The Bertz CT molecular complexity index is 947. The van der Waals surface area contributed by atoms with Crippen molar-refractivity contribution in [2.24, 2.45) is 5.92 Å². The highest BCUT2D eigenvalue weighted by Crippen LogP contribution is 2.41. The van der Waals surface area contributed by atoms with Crippen LogP contribution in [-0.2, 0) is 9.59 Å². The highest BCUT2D eigenvalue weighted by molar-refractivity contribution is 7.11. The molecule has 1 aromatic carbocycles. The molecule has 0 aliphatic carbocycles. The molecule has 1 fully saturated rings. The molecule has 1 saturated heterocycles. The summed E-state index contributed by atoms with van der Waals surface area (Å²) in [6, 6.07) is 8.72. The van der Waals surface area contributed by atoms with Crippen LogP contribution in [-0.4, -0.2) is 36.9 Å². The minimum absolute atomic E-state index is 0.316. The summed E-state index contributed by atoms with van der Waals surface area (Å²) in [6.45, 7) is 3.76. The summed E-state index contributed by atoms with van der Waals surface area (Å²) >= 11 is 7.62. The third-order valence-electron chi connectivity index (χ3n) is 5.31. The van der Waals surface area contributed by atoms with Crippen LogP contribution in [0, 0.1) is 5.92 Å². The fraction of sp³-hybridized carbons (Fsp3) is 0.333. The van der Waals surface area contributed by atoms with Gasteiger partial charge in [-0.25, -0.2) is 4.90 Å².